The van der Waals surface area contributed by atoms with Crippen LogP contribution in [0.25, 0.3) is 0 Å². The van der Waals surface area contributed by atoms with E-state index in [-0.39, 0.29) is 12.5 Å². The van der Waals surface area contributed by atoms with E-state index in [1.165, 1.54) is 9.58 Å². The van der Waals surface area contributed by atoms with Crippen LogP contribution in [0.5, 0.6) is 0 Å². The van der Waals surface area contributed by atoms with E-state index in [0.29, 0.717) is 16.8 Å². The fourth-order valence-electron chi connectivity index (χ4n) is 1.50. The zero-order valence-electron chi connectivity index (χ0n) is 7.64. The molecule has 0 radical (unpaired) electrons. The molecule has 1 N–H and O–H groups in total. The van der Waals surface area contributed by atoms with Crippen molar-refractivity contribution in [3.63, 3.8) is 0 Å². The number of β-amino-alcohol motifs (C(OH)–C–C–N with tert-alkyl or cyclic N) is 1. The summed E-state index contributed by atoms with van der Waals surface area (Å²) in [6.45, 7) is 0.505. The number of aliphatic hydroxyl groups excluding tert-OH is 1. The van der Waals surface area contributed by atoms with Gasteiger partial charge in [0.15, 0.2) is 0 Å². The molecule has 2 rings (SSSR count). The van der Waals surface area contributed by atoms with Gasteiger partial charge in [-0.2, -0.15) is 5.10 Å². The first-order chi connectivity index (χ1) is 6.58. The number of carbonyl (C=O) groups is 1. The van der Waals surface area contributed by atoms with Crippen molar-refractivity contribution < 1.29 is 9.90 Å². The van der Waals surface area contributed by atoms with Crippen LogP contribution in [0, 0.1) is 0 Å². The predicted octanol–water partition coefficient (Wildman–Crippen LogP) is 0.151. The molecule has 0 saturated carbocycles. The van der Waals surface area contributed by atoms with E-state index in [9.17, 15) is 9.90 Å². The van der Waals surface area contributed by atoms with Gasteiger partial charge in [-0.1, -0.05) is 0 Å². The number of carbonyl (C=O) groups excluding carboxylic acids is 1. The van der Waals surface area contributed by atoms with Crippen molar-refractivity contribution in [1.29, 1.82) is 0 Å². The van der Waals surface area contributed by atoms with Crippen molar-refractivity contribution in [1.82, 2.24) is 14.7 Å². The highest BCUT2D eigenvalue weighted by molar-refractivity contribution is 9.10. The number of fused-ring (bicyclic) bond motifs is 1. The van der Waals surface area contributed by atoms with Crippen LogP contribution in [-0.4, -0.2) is 39.3 Å². The van der Waals surface area contributed by atoms with Crippen molar-refractivity contribution in [3.8, 4) is 0 Å². The van der Waals surface area contributed by atoms with Crippen molar-refractivity contribution in [3.05, 3.63) is 16.4 Å². The first-order valence-electron chi connectivity index (χ1n) is 4.23. The third kappa shape index (κ3) is 1.55. The Balaban J connectivity index is 2.41. The second-order valence-electron chi connectivity index (χ2n) is 3.34. The van der Waals surface area contributed by atoms with Gasteiger partial charge in [0.25, 0.3) is 0 Å². The van der Waals surface area contributed by atoms with Gasteiger partial charge in [-0.05, 0) is 22.0 Å². The quantitative estimate of drug-likeness (QED) is 0.722. The number of hydrogen-bond donors (Lipinski definition) is 1. The van der Waals surface area contributed by atoms with Crippen LogP contribution in [0.4, 0.5) is 0 Å². The molecule has 0 aromatic carbocycles. The average Bonchev–Trinajstić information content (AvgIpc) is 2.42. The molecule has 1 aliphatic heterocycles. The lowest BCUT2D eigenvalue weighted by molar-refractivity contribution is -0.131. The smallest absolute Gasteiger partial charge is 0.244 e. The SMILES string of the molecule is CN1CC(O)c2cc(Br)nn2CC1=O. The van der Waals surface area contributed by atoms with Gasteiger partial charge in [-0.25, -0.2) is 0 Å². The Kier molecular flexibility index (Phi) is 2.32. The molecule has 1 aromatic rings. The van der Waals surface area contributed by atoms with Gasteiger partial charge in [0, 0.05) is 7.05 Å². The summed E-state index contributed by atoms with van der Waals surface area (Å²) in [4.78, 5) is 13.0. The van der Waals surface area contributed by atoms with Crippen molar-refractivity contribution in [2.75, 3.05) is 13.6 Å². The maximum absolute atomic E-state index is 11.5. The molecule has 5 nitrogen and oxygen atoms in total. The fourth-order valence-corrected chi connectivity index (χ4v) is 1.92. The summed E-state index contributed by atoms with van der Waals surface area (Å²) in [5.41, 5.74) is 0.676. The average molecular weight is 260 g/mol. The summed E-state index contributed by atoms with van der Waals surface area (Å²) in [6, 6.07) is 1.73. The van der Waals surface area contributed by atoms with E-state index in [0.717, 1.165) is 0 Å². The topological polar surface area (TPSA) is 58.4 Å². The Morgan fingerprint density at radius 3 is 3.14 bits per heavy atom. The second kappa shape index (κ2) is 3.36. The first-order valence-corrected chi connectivity index (χ1v) is 5.02. The maximum Gasteiger partial charge on any atom is 0.244 e. The van der Waals surface area contributed by atoms with Crippen LogP contribution >= 0.6 is 15.9 Å². The molecule has 0 spiro atoms. The minimum atomic E-state index is -0.662. The van der Waals surface area contributed by atoms with Gasteiger partial charge in [0.05, 0.1) is 12.2 Å². The van der Waals surface area contributed by atoms with Crippen molar-refractivity contribution >= 4 is 21.8 Å². The van der Waals surface area contributed by atoms with Gasteiger partial charge >= 0.3 is 0 Å². The Labute approximate surface area is 89.4 Å². The number of likely N-dealkylation sites (N-methyl/N-ethyl adjacent to an activating group) is 1. The minimum Gasteiger partial charge on any atom is -0.385 e. The largest absolute Gasteiger partial charge is 0.385 e. The molecule has 0 saturated heterocycles. The maximum atomic E-state index is 11.5. The van der Waals surface area contributed by atoms with Crippen molar-refractivity contribution in [2.24, 2.45) is 0 Å². The number of halogens is 1. The molecule has 2 heterocycles. The summed E-state index contributed by atoms with van der Waals surface area (Å²) in [6.07, 6.45) is -0.662. The lowest BCUT2D eigenvalue weighted by atomic mass is 10.2. The number of nitrogens with zero attached hydrogens (tertiary/aromatic N) is 3. The number of aromatic nitrogens is 2. The van der Waals surface area contributed by atoms with E-state index in [2.05, 4.69) is 21.0 Å². The normalized spacial score (nSPS) is 22.1. The van der Waals surface area contributed by atoms with Crippen LogP contribution in [0.2, 0.25) is 0 Å². The van der Waals surface area contributed by atoms with Gasteiger partial charge < -0.3 is 10.0 Å². The molecule has 0 aliphatic carbocycles. The zero-order valence-corrected chi connectivity index (χ0v) is 9.23. The Hall–Kier alpha value is -0.880. The van der Waals surface area contributed by atoms with Crippen LogP contribution in [0.3, 0.4) is 0 Å². The molecule has 0 fully saturated rings. The van der Waals surface area contributed by atoms with E-state index < -0.39 is 6.10 Å². The van der Waals surface area contributed by atoms with E-state index in [1.54, 1.807) is 13.1 Å². The van der Waals surface area contributed by atoms with Crippen LogP contribution in [-0.2, 0) is 11.3 Å². The standard InChI is InChI=1S/C8H10BrN3O2/c1-11-3-6(13)5-2-7(9)10-12(5)4-8(11)14/h2,6,13H,3-4H2,1H3. The third-order valence-corrected chi connectivity index (χ3v) is 2.67. The van der Waals surface area contributed by atoms with Crippen LogP contribution in [0.1, 0.15) is 11.8 Å². The molecule has 1 aliphatic rings. The molecule has 76 valence electrons. The highest BCUT2D eigenvalue weighted by atomic mass is 79.9. The van der Waals surface area contributed by atoms with E-state index in [4.69, 9.17) is 0 Å². The number of aliphatic hydroxyl groups is 1. The summed E-state index contributed by atoms with van der Waals surface area (Å²) in [5, 5.41) is 13.8. The Morgan fingerprint density at radius 1 is 1.71 bits per heavy atom. The fraction of sp³-hybridized carbons (Fsp3) is 0.500. The number of rotatable bonds is 0. The Morgan fingerprint density at radius 2 is 2.43 bits per heavy atom. The third-order valence-electron chi connectivity index (χ3n) is 2.28. The van der Waals surface area contributed by atoms with Crippen LogP contribution in [0.15, 0.2) is 10.7 Å². The molecule has 1 aromatic heterocycles. The lowest BCUT2D eigenvalue weighted by Crippen LogP contribution is -2.30. The number of amides is 1. The molecule has 1 unspecified atom stereocenters. The van der Waals surface area contributed by atoms with Gasteiger partial charge in [-0.15, -0.1) is 0 Å². The monoisotopic (exact) mass is 259 g/mol. The van der Waals surface area contributed by atoms with Gasteiger partial charge in [-0.3, -0.25) is 9.48 Å². The lowest BCUT2D eigenvalue weighted by Gasteiger charge is -2.15. The van der Waals surface area contributed by atoms with E-state index >= 15 is 0 Å². The van der Waals surface area contributed by atoms with Crippen LogP contribution < -0.4 is 0 Å². The van der Waals surface area contributed by atoms with Gasteiger partial charge in [0.2, 0.25) is 5.91 Å². The summed E-state index contributed by atoms with van der Waals surface area (Å²) < 4.78 is 2.17. The predicted molar refractivity (Wildman–Crippen MR) is 52.5 cm³/mol. The minimum absolute atomic E-state index is 0.0431. The Bertz CT molecular complexity index is 377. The molecular formula is C8H10BrN3O2. The summed E-state index contributed by atoms with van der Waals surface area (Å²) >= 11 is 3.21. The second-order valence-corrected chi connectivity index (χ2v) is 4.15. The van der Waals surface area contributed by atoms with Crippen molar-refractivity contribution in [2.45, 2.75) is 12.6 Å². The highest BCUT2D eigenvalue weighted by Crippen LogP contribution is 2.21. The summed E-state index contributed by atoms with van der Waals surface area (Å²) in [7, 11) is 1.67. The van der Waals surface area contributed by atoms with Gasteiger partial charge in [0.1, 0.15) is 17.3 Å². The molecular weight excluding hydrogens is 250 g/mol. The number of hydrogen-bond acceptors (Lipinski definition) is 3. The molecule has 0 bridgehead atoms. The molecule has 6 heteroatoms. The van der Waals surface area contributed by atoms with E-state index in [1.807, 2.05) is 0 Å². The first kappa shape index (κ1) is 9.67. The molecule has 14 heavy (non-hydrogen) atoms. The molecule has 1 atom stereocenters. The zero-order chi connectivity index (χ0) is 10.3. The summed E-state index contributed by atoms with van der Waals surface area (Å²) in [5.74, 6) is -0.0431. The highest BCUT2D eigenvalue weighted by Gasteiger charge is 2.25. The molecule has 1 amide bonds.